The number of carbonyl (C=O) groups is 1. The number of aromatic hydroxyl groups is 1. The SMILES string of the molecule is NC1CCc2cc(O)ccc2NC1=O. The third-order valence-electron chi connectivity index (χ3n) is 2.41. The number of anilines is 1. The van der Waals surface area contributed by atoms with Gasteiger partial charge in [-0.15, -0.1) is 0 Å². The Bertz CT molecular complexity index is 376. The van der Waals surface area contributed by atoms with Gasteiger partial charge in [-0.05, 0) is 36.6 Å². The van der Waals surface area contributed by atoms with Crippen LogP contribution in [0.5, 0.6) is 5.75 Å². The molecule has 4 nitrogen and oxygen atoms in total. The van der Waals surface area contributed by atoms with Crippen molar-refractivity contribution in [2.24, 2.45) is 5.73 Å². The lowest BCUT2D eigenvalue weighted by Crippen LogP contribution is -2.34. The van der Waals surface area contributed by atoms with E-state index in [0.29, 0.717) is 12.8 Å². The summed E-state index contributed by atoms with van der Waals surface area (Å²) in [6.07, 6.45) is 1.33. The molecule has 1 heterocycles. The summed E-state index contributed by atoms with van der Waals surface area (Å²) in [4.78, 5) is 11.4. The van der Waals surface area contributed by atoms with Crippen LogP contribution in [-0.2, 0) is 11.2 Å². The van der Waals surface area contributed by atoms with Crippen LogP contribution >= 0.6 is 0 Å². The molecule has 2 rings (SSSR count). The molecule has 1 amide bonds. The van der Waals surface area contributed by atoms with Crippen LogP contribution in [0.4, 0.5) is 5.69 Å². The zero-order valence-corrected chi connectivity index (χ0v) is 7.66. The number of benzene rings is 1. The lowest BCUT2D eigenvalue weighted by Gasteiger charge is -2.06. The third kappa shape index (κ3) is 1.56. The first kappa shape index (κ1) is 9.02. The van der Waals surface area contributed by atoms with Crippen molar-refractivity contribution in [2.45, 2.75) is 18.9 Å². The number of carbonyl (C=O) groups excluding carboxylic acids is 1. The zero-order valence-electron chi connectivity index (χ0n) is 7.66. The molecule has 0 saturated heterocycles. The Kier molecular flexibility index (Phi) is 2.13. The highest BCUT2D eigenvalue weighted by Crippen LogP contribution is 2.25. The van der Waals surface area contributed by atoms with Gasteiger partial charge in [-0.3, -0.25) is 4.79 Å². The van der Waals surface area contributed by atoms with Crippen LogP contribution in [0.2, 0.25) is 0 Å². The highest BCUT2D eigenvalue weighted by Gasteiger charge is 2.19. The standard InChI is InChI=1S/C10H12N2O2/c11-8-3-1-6-5-7(13)2-4-9(6)12-10(8)14/h2,4-5,8,13H,1,3,11H2,(H,12,14). The molecular formula is C10H12N2O2. The number of aryl methyl sites for hydroxylation is 1. The fourth-order valence-corrected chi connectivity index (χ4v) is 1.58. The first-order valence-electron chi connectivity index (χ1n) is 4.55. The molecule has 0 saturated carbocycles. The second-order valence-electron chi connectivity index (χ2n) is 3.48. The van der Waals surface area contributed by atoms with E-state index in [1.807, 2.05) is 0 Å². The zero-order chi connectivity index (χ0) is 10.1. The molecule has 1 aromatic carbocycles. The molecule has 0 radical (unpaired) electrons. The van der Waals surface area contributed by atoms with E-state index in [0.717, 1.165) is 11.3 Å². The lowest BCUT2D eigenvalue weighted by atomic mass is 10.1. The number of hydrogen-bond donors (Lipinski definition) is 3. The summed E-state index contributed by atoms with van der Waals surface area (Å²) in [6, 6.07) is 4.45. The number of nitrogens with one attached hydrogen (secondary N) is 1. The van der Waals surface area contributed by atoms with Gasteiger partial charge in [-0.1, -0.05) is 0 Å². The van der Waals surface area contributed by atoms with E-state index >= 15 is 0 Å². The van der Waals surface area contributed by atoms with Crippen LogP contribution < -0.4 is 11.1 Å². The number of rotatable bonds is 0. The van der Waals surface area contributed by atoms with E-state index in [2.05, 4.69) is 5.32 Å². The van der Waals surface area contributed by atoms with Gasteiger partial charge in [0.2, 0.25) is 5.91 Å². The lowest BCUT2D eigenvalue weighted by molar-refractivity contribution is -0.117. The molecule has 1 aromatic rings. The Balaban J connectivity index is 2.37. The molecule has 74 valence electrons. The van der Waals surface area contributed by atoms with Crippen molar-refractivity contribution in [3.8, 4) is 5.75 Å². The van der Waals surface area contributed by atoms with Gasteiger partial charge in [0.15, 0.2) is 0 Å². The van der Waals surface area contributed by atoms with Crippen molar-refractivity contribution in [2.75, 3.05) is 5.32 Å². The first-order chi connectivity index (χ1) is 6.66. The predicted molar refractivity (Wildman–Crippen MR) is 53.0 cm³/mol. The van der Waals surface area contributed by atoms with Crippen molar-refractivity contribution in [3.63, 3.8) is 0 Å². The summed E-state index contributed by atoms with van der Waals surface area (Å²) >= 11 is 0. The summed E-state index contributed by atoms with van der Waals surface area (Å²) in [6.45, 7) is 0. The topological polar surface area (TPSA) is 75.3 Å². The van der Waals surface area contributed by atoms with Gasteiger partial charge in [0.1, 0.15) is 5.75 Å². The maximum Gasteiger partial charge on any atom is 0.241 e. The Morgan fingerprint density at radius 3 is 3.07 bits per heavy atom. The Morgan fingerprint density at radius 2 is 2.29 bits per heavy atom. The predicted octanol–water partition coefficient (Wildman–Crippen LogP) is 0.604. The van der Waals surface area contributed by atoms with Crippen molar-refractivity contribution < 1.29 is 9.90 Å². The van der Waals surface area contributed by atoms with Crippen LogP contribution in [0.15, 0.2) is 18.2 Å². The largest absolute Gasteiger partial charge is 0.508 e. The van der Waals surface area contributed by atoms with Crippen LogP contribution in [0, 0.1) is 0 Å². The maximum absolute atomic E-state index is 11.4. The highest BCUT2D eigenvalue weighted by molar-refractivity contribution is 5.96. The van der Waals surface area contributed by atoms with Gasteiger partial charge in [0.25, 0.3) is 0 Å². The van der Waals surface area contributed by atoms with E-state index in [1.165, 1.54) is 0 Å². The quantitative estimate of drug-likeness (QED) is 0.527. The molecule has 0 bridgehead atoms. The minimum Gasteiger partial charge on any atom is -0.508 e. The number of amides is 1. The summed E-state index contributed by atoms with van der Waals surface area (Å²) < 4.78 is 0. The minimum atomic E-state index is -0.454. The summed E-state index contributed by atoms with van der Waals surface area (Å²) in [7, 11) is 0. The Morgan fingerprint density at radius 1 is 1.50 bits per heavy atom. The van der Waals surface area contributed by atoms with Gasteiger partial charge in [0.05, 0.1) is 6.04 Å². The van der Waals surface area contributed by atoms with E-state index in [4.69, 9.17) is 5.73 Å². The summed E-state index contributed by atoms with van der Waals surface area (Å²) in [5, 5.41) is 12.0. The van der Waals surface area contributed by atoms with Crippen molar-refractivity contribution >= 4 is 11.6 Å². The molecule has 0 spiro atoms. The van der Waals surface area contributed by atoms with Crippen LogP contribution in [0.3, 0.4) is 0 Å². The molecule has 1 aliphatic rings. The molecule has 0 aliphatic carbocycles. The Labute approximate surface area is 81.7 Å². The van der Waals surface area contributed by atoms with Crippen LogP contribution in [0.25, 0.3) is 0 Å². The number of fused-ring (bicyclic) bond motifs is 1. The van der Waals surface area contributed by atoms with Gasteiger partial charge in [-0.2, -0.15) is 0 Å². The van der Waals surface area contributed by atoms with Gasteiger partial charge >= 0.3 is 0 Å². The number of nitrogens with two attached hydrogens (primary N) is 1. The molecule has 1 atom stereocenters. The molecule has 0 aromatic heterocycles. The second-order valence-corrected chi connectivity index (χ2v) is 3.48. The van der Waals surface area contributed by atoms with E-state index in [1.54, 1.807) is 18.2 Å². The molecule has 4 N–H and O–H groups in total. The molecule has 14 heavy (non-hydrogen) atoms. The average Bonchev–Trinajstić information content (AvgIpc) is 2.29. The second kappa shape index (κ2) is 3.31. The minimum absolute atomic E-state index is 0.158. The van der Waals surface area contributed by atoms with Crippen molar-refractivity contribution in [1.29, 1.82) is 0 Å². The monoisotopic (exact) mass is 192 g/mol. The smallest absolute Gasteiger partial charge is 0.241 e. The van der Waals surface area contributed by atoms with Gasteiger partial charge in [0, 0.05) is 5.69 Å². The van der Waals surface area contributed by atoms with E-state index in [9.17, 15) is 9.90 Å². The normalized spacial score (nSPS) is 20.9. The number of hydrogen-bond acceptors (Lipinski definition) is 3. The van der Waals surface area contributed by atoms with Crippen molar-refractivity contribution in [1.82, 2.24) is 0 Å². The summed E-state index contributed by atoms with van der Waals surface area (Å²) in [5.41, 5.74) is 7.31. The summed E-state index contributed by atoms with van der Waals surface area (Å²) in [5.74, 6) is 0.0583. The van der Waals surface area contributed by atoms with Gasteiger partial charge in [-0.25, -0.2) is 0 Å². The molecular weight excluding hydrogens is 180 g/mol. The first-order valence-corrected chi connectivity index (χ1v) is 4.55. The molecule has 4 heteroatoms. The molecule has 0 fully saturated rings. The maximum atomic E-state index is 11.4. The highest BCUT2D eigenvalue weighted by atomic mass is 16.3. The average molecular weight is 192 g/mol. The molecule has 1 unspecified atom stereocenters. The number of phenols is 1. The third-order valence-corrected chi connectivity index (χ3v) is 2.41. The van der Waals surface area contributed by atoms with E-state index in [-0.39, 0.29) is 11.7 Å². The van der Waals surface area contributed by atoms with E-state index < -0.39 is 6.04 Å². The van der Waals surface area contributed by atoms with Gasteiger partial charge < -0.3 is 16.2 Å². The van der Waals surface area contributed by atoms with Crippen molar-refractivity contribution in [3.05, 3.63) is 23.8 Å². The van der Waals surface area contributed by atoms with Crippen LogP contribution in [-0.4, -0.2) is 17.1 Å². The van der Waals surface area contributed by atoms with Crippen LogP contribution in [0.1, 0.15) is 12.0 Å². The fourth-order valence-electron chi connectivity index (χ4n) is 1.58. The fraction of sp³-hybridized carbons (Fsp3) is 0.300. The number of phenolic OH excluding ortho intramolecular Hbond substituents is 1. The molecule has 1 aliphatic heterocycles. The Hall–Kier alpha value is -1.55.